The summed E-state index contributed by atoms with van der Waals surface area (Å²) in [5, 5.41) is 12.5. The number of alkyl halides is 2. The quantitative estimate of drug-likeness (QED) is 0.794. The molecule has 0 fully saturated rings. The Hall–Kier alpha value is -0.970. The third-order valence-electron chi connectivity index (χ3n) is 2.55. The number of alkyl carbamates (subject to hydrolysis) is 1. The minimum absolute atomic E-state index is 0.255. The summed E-state index contributed by atoms with van der Waals surface area (Å²) in [6.45, 7) is 1.96. The molecule has 0 heterocycles. The fourth-order valence-electron chi connectivity index (χ4n) is 1.62. The third kappa shape index (κ3) is 5.68. The normalized spacial score (nSPS) is 13.9. The van der Waals surface area contributed by atoms with Crippen molar-refractivity contribution in [1.82, 2.24) is 5.32 Å². The smallest absolute Gasteiger partial charge is 0.407 e. The van der Waals surface area contributed by atoms with Crippen LogP contribution in [0.15, 0.2) is 30.3 Å². The predicted molar refractivity (Wildman–Crippen MR) is 75.6 cm³/mol. The highest BCUT2D eigenvalue weighted by Gasteiger charge is 2.27. The van der Waals surface area contributed by atoms with E-state index in [1.54, 1.807) is 6.92 Å². The Morgan fingerprint density at radius 2 is 2.00 bits per heavy atom. The van der Waals surface area contributed by atoms with E-state index < -0.39 is 23.1 Å². The van der Waals surface area contributed by atoms with Crippen molar-refractivity contribution in [2.24, 2.45) is 0 Å². The number of nitrogens with one attached hydrogen (secondary N) is 1. The molecule has 1 aromatic carbocycles. The number of aliphatic hydroxyl groups excluding tert-OH is 1. The van der Waals surface area contributed by atoms with Crippen LogP contribution in [-0.4, -0.2) is 34.8 Å². The average Bonchev–Trinajstić information content (AvgIpc) is 2.38. The Morgan fingerprint density at radius 1 is 1.37 bits per heavy atom. The number of aliphatic hydroxyl groups is 1. The minimum atomic E-state index is -1.08. The molecule has 0 aliphatic rings. The second-order valence-corrected chi connectivity index (χ2v) is 5.15. The van der Waals surface area contributed by atoms with Gasteiger partial charge in [-0.05, 0) is 18.9 Å². The van der Waals surface area contributed by atoms with Crippen LogP contribution in [-0.2, 0) is 11.2 Å². The van der Waals surface area contributed by atoms with Crippen LogP contribution in [0.25, 0.3) is 0 Å². The summed E-state index contributed by atoms with van der Waals surface area (Å²) in [6.07, 6.45) is -1.26. The van der Waals surface area contributed by atoms with Crippen molar-refractivity contribution in [3.8, 4) is 0 Å². The molecule has 0 bridgehead atoms. The summed E-state index contributed by atoms with van der Waals surface area (Å²) >= 11 is 11.3. The van der Waals surface area contributed by atoms with Gasteiger partial charge in [-0.3, -0.25) is 0 Å². The molecule has 2 N–H and O–H groups in total. The standard InChI is InChI=1S/C13H17Cl2NO3/c1-2-19-13(18)16-10(11(17)12(14)15)8-9-6-4-3-5-7-9/h3-7,10-12,17H,2,8H2,1H3,(H,16,18)/t10-,11-/m0/s1. The van der Waals surface area contributed by atoms with E-state index in [-0.39, 0.29) is 6.61 Å². The maximum atomic E-state index is 11.4. The van der Waals surface area contributed by atoms with Crippen LogP contribution in [0.2, 0.25) is 0 Å². The lowest BCUT2D eigenvalue weighted by atomic mass is 10.0. The lowest BCUT2D eigenvalue weighted by Crippen LogP contribution is -2.47. The molecular formula is C13H17Cl2NO3. The molecule has 0 radical (unpaired) electrons. The van der Waals surface area contributed by atoms with E-state index in [2.05, 4.69) is 5.32 Å². The zero-order chi connectivity index (χ0) is 14.3. The Labute approximate surface area is 122 Å². The molecule has 106 valence electrons. The second kappa shape index (κ2) is 8.25. The Bertz CT molecular complexity index is 387. The molecule has 0 spiro atoms. The maximum absolute atomic E-state index is 11.4. The van der Waals surface area contributed by atoms with Crippen molar-refractivity contribution in [1.29, 1.82) is 0 Å². The fourth-order valence-corrected chi connectivity index (χ4v) is 1.98. The summed E-state index contributed by atoms with van der Waals surface area (Å²) < 4.78 is 4.79. The topological polar surface area (TPSA) is 58.6 Å². The number of rotatable bonds is 6. The first kappa shape index (κ1) is 16.1. The number of carbonyl (C=O) groups excluding carboxylic acids is 1. The predicted octanol–water partition coefficient (Wildman–Crippen LogP) is 2.51. The maximum Gasteiger partial charge on any atom is 0.407 e. The van der Waals surface area contributed by atoms with E-state index in [4.69, 9.17) is 27.9 Å². The van der Waals surface area contributed by atoms with Gasteiger partial charge in [0.15, 0.2) is 0 Å². The Morgan fingerprint density at radius 3 is 2.53 bits per heavy atom. The molecule has 19 heavy (non-hydrogen) atoms. The number of hydrogen-bond acceptors (Lipinski definition) is 3. The van der Waals surface area contributed by atoms with Crippen LogP contribution in [0.4, 0.5) is 4.79 Å². The molecule has 0 aliphatic heterocycles. The van der Waals surface area contributed by atoms with Gasteiger partial charge < -0.3 is 15.2 Å². The highest BCUT2D eigenvalue weighted by atomic mass is 35.5. The fraction of sp³-hybridized carbons (Fsp3) is 0.462. The van der Waals surface area contributed by atoms with Crippen molar-refractivity contribution >= 4 is 29.3 Å². The van der Waals surface area contributed by atoms with Crippen molar-refractivity contribution in [3.05, 3.63) is 35.9 Å². The first-order chi connectivity index (χ1) is 9.04. The van der Waals surface area contributed by atoms with Gasteiger partial charge in [0.1, 0.15) is 10.9 Å². The summed E-state index contributed by atoms with van der Waals surface area (Å²) in [5.41, 5.74) is 0.956. The minimum Gasteiger partial charge on any atom is -0.450 e. The third-order valence-corrected chi connectivity index (χ3v) is 3.06. The van der Waals surface area contributed by atoms with Gasteiger partial charge in [0, 0.05) is 0 Å². The highest BCUT2D eigenvalue weighted by Crippen LogP contribution is 2.15. The van der Waals surface area contributed by atoms with Crippen molar-refractivity contribution in [3.63, 3.8) is 0 Å². The van der Waals surface area contributed by atoms with Gasteiger partial charge in [0.05, 0.1) is 12.6 Å². The number of benzene rings is 1. The highest BCUT2D eigenvalue weighted by molar-refractivity contribution is 6.44. The molecular weight excluding hydrogens is 289 g/mol. The van der Waals surface area contributed by atoms with Crippen LogP contribution in [0.5, 0.6) is 0 Å². The van der Waals surface area contributed by atoms with E-state index in [1.807, 2.05) is 30.3 Å². The van der Waals surface area contributed by atoms with E-state index in [0.29, 0.717) is 6.42 Å². The lowest BCUT2D eigenvalue weighted by molar-refractivity contribution is 0.113. The lowest BCUT2D eigenvalue weighted by Gasteiger charge is -2.24. The summed E-state index contributed by atoms with van der Waals surface area (Å²) in [5.74, 6) is 0. The van der Waals surface area contributed by atoms with Gasteiger partial charge in [0.25, 0.3) is 0 Å². The van der Waals surface area contributed by atoms with Gasteiger partial charge in [-0.1, -0.05) is 30.3 Å². The summed E-state index contributed by atoms with van der Waals surface area (Å²) in [4.78, 5) is 10.4. The van der Waals surface area contributed by atoms with Crippen molar-refractivity contribution in [2.45, 2.75) is 30.3 Å². The molecule has 1 amide bonds. The zero-order valence-corrected chi connectivity index (χ0v) is 12.1. The Kier molecular flexibility index (Phi) is 6.99. The van der Waals surface area contributed by atoms with Crippen LogP contribution >= 0.6 is 23.2 Å². The van der Waals surface area contributed by atoms with E-state index in [9.17, 15) is 9.90 Å². The number of ether oxygens (including phenoxy) is 1. The van der Waals surface area contributed by atoms with E-state index in [1.165, 1.54) is 0 Å². The summed E-state index contributed by atoms with van der Waals surface area (Å²) in [7, 11) is 0. The molecule has 1 rings (SSSR count). The number of amides is 1. The second-order valence-electron chi connectivity index (χ2n) is 3.99. The number of carbonyl (C=O) groups is 1. The van der Waals surface area contributed by atoms with Crippen molar-refractivity contribution in [2.75, 3.05) is 6.61 Å². The van der Waals surface area contributed by atoms with Gasteiger partial charge in [0.2, 0.25) is 0 Å². The molecule has 2 atom stereocenters. The molecule has 0 saturated carbocycles. The van der Waals surface area contributed by atoms with Crippen LogP contribution < -0.4 is 5.32 Å². The van der Waals surface area contributed by atoms with Gasteiger partial charge in [-0.15, -0.1) is 23.2 Å². The molecule has 4 nitrogen and oxygen atoms in total. The van der Waals surface area contributed by atoms with Gasteiger partial charge in [-0.2, -0.15) is 0 Å². The first-order valence-corrected chi connectivity index (χ1v) is 6.85. The number of halogens is 2. The summed E-state index contributed by atoms with van der Waals surface area (Å²) in [6, 6.07) is 8.82. The molecule has 0 saturated heterocycles. The van der Waals surface area contributed by atoms with Gasteiger partial charge >= 0.3 is 6.09 Å². The van der Waals surface area contributed by atoms with Gasteiger partial charge in [-0.25, -0.2) is 4.79 Å². The first-order valence-electron chi connectivity index (χ1n) is 5.98. The molecule has 0 aromatic heterocycles. The SMILES string of the molecule is CCOC(=O)N[C@@H](Cc1ccccc1)[C@H](O)C(Cl)Cl. The van der Waals surface area contributed by atoms with E-state index in [0.717, 1.165) is 5.56 Å². The van der Waals surface area contributed by atoms with Crippen LogP contribution in [0.3, 0.4) is 0 Å². The largest absolute Gasteiger partial charge is 0.450 e. The van der Waals surface area contributed by atoms with Crippen LogP contribution in [0.1, 0.15) is 12.5 Å². The number of hydrogen-bond donors (Lipinski definition) is 2. The monoisotopic (exact) mass is 305 g/mol. The van der Waals surface area contributed by atoms with Crippen molar-refractivity contribution < 1.29 is 14.6 Å². The van der Waals surface area contributed by atoms with E-state index >= 15 is 0 Å². The molecule has 0 aliphatic carbocycles. The average molecular weight is 306 g/mol. The Balaban J connectivity index is 2.72. The molecule has 6 heteroatoms. The van der Waals surface area contributed by atoms with Crippen LogP contribution in [0, 0.1) is 0 Å². The molecule has 0 unspecified atom stereocenters. The zero-order valence-electron chi connectivity index (χ0n) is 10.6. The molecule has 1 aromatic rings.